The minimum Gasteiger partial charge on any atom is -0.371 e. The molecule has 3 rings (SSSR count). The second kappa shape index (κ2) is 7.74. The van der Waals surface area contributed by atoms with Crippen molar-refractivity contribution >= 4 is 5.91 Å². The number of ether oxygens (including phenoxy) is 1. The Morgan fingerprint density at radius 1 is 1.36 bits per heavy atom. The lowest BCUT2D eigenvalue weighted by atomic mass is 9.94. The number of nitrogens with zero attached hydrogens (tertiary/aromatic N) is 2. The molecule has 122 valence electrons. The second-order valence-electron chi connectivity index (χ2n) is 6.39. The zero-order valence-electron chi connectivity index (χ0n) is 13.1. The first kappa shape index (κ1) is 15.5. The molecule has 2 fully saturated rings. The average Bonchev–Trinajstić information content (AvgIpc) is 3.10. The van der Waals surface area contributed by atoms with Crippen molar-refractivity contribution < 1.29 is 9.53 Å². The van der Waals surface area contributed by atoms with E-state index in [-0.39, 0.29) is 12.5 Å². The highest BCUT2D eigenvalue weighted by molar-refractivity contribution is 5.77. The van der Waals surface area contributed by atoms with E-state index in [1.54, 1.807) is 6.33 Å². The van der Waals surface area contributed by atoms with Gasteiger partial charge in [0.1, 0.15) is 6.61 Å². The van der Waals surface area contributed by atoms with Gasteiger partial charge >= 0.3 is 0 Å². The van der Waals surface area contributed by atoms with Gasteiger partial charge in [0.05, 0.1) is 12.9 Å². The van der Waals surface area contributed by atoms with Crippen LogP contribution in [0, 0.1) is 5.92 Å². The van der Waals surface area contributed by atoms with Gasteiger partial charge in [-0.1, -0.05) is 0 Å². The average molecular weight is 306 g/mol. The maximum absolute atomic E-state index is 12.2. The van der Waals surface area contributed by atoms with Gasteiger partial charge in [-0.25, -0.2) is 4.98 Å². The third-order valence-electron chi connectivity index (χ3n) is 4.78. The summed E-state index contributed by atoms with van der Waals surface area (Å²) < 4.78 is 5.64. The fourth-order valence-electron chi connectivity index (χ4n) is 3.40. The number of hydrogen-bond donors (Lipinski definition) is 2. The van der Waals surface area contributed by atoms with Crippen LogP contribution in [0.2, 0.25) is 0 Å². The SMILES string of the molecule is O=C(COCC1CCCNC1)N1CCC(c2cnc[nH]2)CC1. The first-order chi connectivity index (χ1) is 10.8. The van der Waals surface area contributed by atoms with E-state index in [1.165, 1.54) is 18.5 Å². The highest BCUT2D eigenvalue weighted by atomic mass is 16.5. The Labute approximate surface area is 131 Å². The number of rotatable bonds is 5. The minimum absolute atomic E-state index is 0.131. The number of amides is 1. The summed E-state index contributed by atoms with van der Waals surface area (Å²) in [7, 11) is 0. The van der Waals surface area contributed by atoms with Crippen LogP contribution in [-0.2, 0) is 9.53 Å². The van der Waals surface area contributed by atoms with Crippen LogP contribution in [0.3, 0.4) is 0 Å². The number of imidazole rings is 1. The molecule has 0 bridgehead atoms. The van der Waals surface area contributed by atoms with Gasteiger partial charge in [-0.3, -0.25) is 4.79 Å². The fourth-order valence-corrected chi connectivity index (χ4v) is 3.40. The predicted molar refractivity (Wildman–Crippen MR) is 83.6 cm³/mol. The molecule has 0 spiro atoms. The molecule has 2 saturated heterocycles. The fraction of sp³-hybridized carbons (Fsp3) is 0.750. The Balaban J connectivity index is 1.35. The maximum Gasteiger partial charge on any atom is 0.248 e. The van der Waals surface area contributed by atoms with E-state index in [2.05, 4.69) is 15.3 Å². The van der Waals surface area contributed by atoms with E-state index in [0.717, 1.165) is 39.0 Å². The lowest BCUT2D eigenvalue weighted by Gasteiger charge is -2.31. The molecule has 3 heterocycles. The molecule has 0 aromatic carbocycles. The number of piperidine rings is 2. The predicted octanol–water partition coefficient (Wildman–Crippen LogP) is 1.13. The summed E-state index contributed by atoms with van der Waals surface area (Å²) in [6, 6.07) is 0. The summed E-state index contributed by atoms with van der Waals surface area (Å²) in [6.07, 6.45) is 8.03. The number of hydrogen-bond acceptors (Lipinski definition) is 4. The normalized spacial score (nSPS) is 23.6. The lowest BCUT2D eigenvalue weighted by Crippen LogP contribution is -2.40. The Hall–Kier alpha value is -1.40. The number of nitrogens with one attached hydrogen (secondary N) is 2. The molecule has 2 aliphatic rings. The van der Waals surface area contributed by atoms with E-state index in [1.807, 2.05) is 11.1 Å². The molecule has 1 unspecified atom stereocenters. The molecule has 1 amide bonds. The molecule has 22 heavy (non-hydrogen) atoms. The number of carbonyl (C=O) groups excluding carboxylic acids is 1. The standard InChI is InChI=1S/C16H26N4O2/c21-16(11-22-10-13-2-1-5-17-8-13)20-6-3-14(4-7-20)15-9-18-12-19-15/h9,12-14,17H,1-8,10-11H2,(H,18,19). The van der Waals surface area contributed by atoms with Crippen LogP contribution in [0.5, 0.6) is 0 Å². The van der Waals surface area contributed by atoms with Crippen molar-refractivity contribution in [2.75, 3.05) is 39.4 Å². The smallest absolute Gasteiger partial charge is 0.248 e. The Bertz CT molecular complexity index is 449. The van der Waals surface area contributed by atoms with Crippen molar-refractivity contribution in [1.82, 2.24) is 20.2 Å². The number of H-pyrrole nitrogens is 1. The first-order valence-corrected chi connectivity index (χ1v) is 8.37. The van der Waals surface area contributed by atoms with Crippen molar-refractivity contribution in [3.05, 3.63) is 18.2 Å². The van der Waals surface area contributed by atoms with E-state index in [0.29, 0.717) is 18.4 Å². The Morgan fingerprint density at radius 3 is 2.91 bits per heavy atom. The van der Waals surface area contributed by atoms with Crippen LogP contribution in [0.15, 0.2) is 12.5 Å². The molecule has 1 atom stereocenters. The van der Waals surface area contributed by atoms with E-state index >= 15 is 0 Å². The molecule has 2 aliphatic heterocycles. The van der Waals surface area contributed by atoms with E-state index < -0.39 is 0 Å². The van der Waals surface area contributed by atoms with Crippen LogP contribution < -0.4 is 5.32 Å². The van der Waals surface area contributed by atoms with Gasteiger partial charge in [0.2, 0.25) is 5.91 Å². The molecule has 0 radical (unpaired) electrons. The summed E-state index contributed by atoms with van der Waals surface area (Å²) in [6.45, 7) is 4.69. The van der Waals surface area contributed by atoms with Crippen molar-refractivity contribution in [3.8, 4) is 0 Å². The van der Waals surface area contributed by atoms with Crippen molar-refractivity contribution in [3.63, 3.8) is 0 Å². The van der Waals surface area contributed by atoms with Gasteiger partial charge < -0.3 is 19.9 Å². The van der Waals surface area contributed by atoms with Gasteiger partial charge in [-0.05, 0) is 38.1 Å². The summed E-state index contributed by atoms with van der Waals surface area (Å²) in [5.41, 5.74) is 1.19. The quantitative estimate of drug-likeness (QED) is 0.855. The summed E-state index contributed by atoms with van der Waals surface area (Å²) >= 11 is 0. The summed E-state index contributed by atoms with van der Waals surface area (Å²) in [4.78, 5) is 21.4. The zero-order chi connectivity index (χ0) is 15.2. The summed E-state index contributed by atoms with van der Waals surface area (Å²) in [5.74, 6) is 1.19. The number of aromatic amines is 1. The van der Waals surface area contributed by atoms with E-state index in [4.69, 9.17) is 4.74 Å². The molecule has 2 N–H and O–H groups in total. The van der Waals surface area contributed by atoms with Crippen LogP contribution in [0.25, 0.3) is 0 Å². The third-order valence-corrected chi connectivity index (χ3v) is 4.78. The van der Waals surface area contributed by atoms with Crippen molar-refractivity contribution in [1.29, 1.82) is 0 Å². The molecule has 0 aliphatic carbocycles. The second-order valence-corrected chi connectivity index (χ2v) is 6.39. The minimum atomic E-state index is 0.131. The van der Waals surface area contributed by atoms with Crippen molar-refractivity contribution in [2.45, 2.75) is 31.6 Å². The van der Waals surface area contributed by atoms with Crippen LogP contribution >= 0.6 is 0 Å². The number of aromatic nitrogens is 2. The number of likely N-dealkylation sites (tertiary alicyclic amines) is 1. The van der Waals surface area contributed by atoms with Gasteiger partial charge in [0.15, 0.2) is 0 Å². The van der Waals surface area contributed by atoms with Crippen LogP contribution in [-0.4, -0.2) is 60.2 Å². The summed E-state index contributed by atoms with van der Waals surface area (Å²) in [5, 5.41) is 3.37. The number of carbonyl (C=O) groups is 1. The molecule has 1 aromatic heterocycles. The highest BCUT2D eigenvalue weighted by Crippen LogP contribution is 2.26. The molecule has 6 nitrogen and oxygen atoms in total. The zero-order valence-corrected chi connectivity index (χ0v) is 13.1. The monoisotopic (exact) mass is 306 g/mol. The van der Waals surface area contributed by atoms with Crippen LogP contribution in [0.1, 0.15) is 37.3 Å². The molecular weight excluding hydrogens is 280 g/mol. The largest absolute Gasteiger partial charge is 0.371 e. The van der Waals surface area contributed by atoms with Crippen molar-refractivity contribution in [2.24, 2.45) is 5.92 Å². The molecular formula is C16H26N4O2. The Morgan fingerprint density at radius 2 is 2.23 bits per heavy atom. The van der Waals surface area contributed by atoms with Crippen LogP contribution in [0.4, 0.5) is 0 Å². The first-order valence-electron chi connectivity index (χ1n) is 8.37. The molecule has 1 aromatic rings. The molecule has 6 heteroatoms. The van der Waals surface area contributed by atoms with Gasteiger partial charge in [-0.2, -0.15) is 0 Å². The Kier molecular flexibility index (Phi) is 5.45. The van der Waals surface area contributed by atoms with Gasteiger partial charge in [0, 0.05) is 37.4 Å². The molecule has 0 saturated carbocycles. The van der Waals surface area contributed by atoms with Gasteiger partial charge in [-0.15, -0.1) is 0 Å². The van der Waals surface area contributed by atoms with E-state index in [9.17, 15) is 4.79 Å². The third kappa shape index (κ3) is 4.08. The maximum atomic E-state index is 12.2. The topological polar surface area (TPSA) is 70.2 Å². The highest BCUT2D eigenvalue weighted by Gasteiger charge is 2.24. The lowest BCUT2D eigenvalue weighted by molar-refractivity contribution is -0.137. The van der Waals surface area contributed by atoms with Gasteiger partial charge in [0.25, 0.3) is 0 Å².